The van der Waals surface area contributed by atoms with E-state index >= 15 is 0 Å². The highest BCUT2D eigenvalue weighted by molar-refractivity contribution is 6.09. The molecular weight excluding hydrogens is 470 g/mol. The smallest absolute Gasteiger partial charge is 0.216 e. The normalized spacial score (nSPS) is 15.6. The molecule has 5 aromatic rings. The molecule has 0 saturated carbocycles. The summed E-state index contributed by atoms with van der Waals surface area (Å²) in [4.78, 5) is 9.42. The Balaban J connectivity index is 1.48. The minimum Gasteiger partial charge on any atom is -0.475 e. The van der Waals surface area contributed by atoms with Gasteiger partial charge in [0.25, 0.3) is 0 Å². The highest BCUT2D eigenvalue weighted by Crippen LogP contribution is 2.36. The van der Waals surface area contributed by atoms with Gasteiger partial charge in [0.15, 0.2) is 0 Å². The molecule has 1 aliphatic rings. The number of rotatable bonds is 4. The van der Waals surface area contributed by atoms with Gasteiger partial charge in [0.1, 0.15) is 23.9 Å². The van der Waals surface area contributed by atoms with Gasteiger partial charge in [0, 0.05) is 28.6 Å². The zero-order valence-corrected chi connectivity index (χ0v) is 22.9. The molecule has 192 valence electrons. The van der Waals surface area contributed by atoms with Gasteiger partial charge in [-0.25, -0.2) is 9.98 Å². The third-order valence-electron chi connectivity index (χ3n) is 7.07. The van der Waals surface area contributed by atoms with Crippen molar-refractivity contribution in [2.75, 3.05) is 6.61 Å². The van der Waals surface area contributed by atoms with Crippen LogP contribution in [0, 0.1) is 13.8 Å². The fraction of sp³-hybridized carbons (Fsp3) is 0.273. The van der Waals surface area contributed by atoms with Crippen LogP contribution in [0.3, 0.4) is 0 Å². The van der Waals surface area contributed by atoms with Gasteiger partial charge in [-0.3, -0.25) is 4.57 Å². The molecule has 3 aromatic carbocycles. The SMILES string of the molecule is Cc1cc(Oc2ccc3c4cc(C)ccc4n(-c4cc(C(C)(C)C)ccn4)c3c2)cc(C2=N[C@H](C)CO2)c1. The summed E-state index contributed by atoms with van der Waals surface area (Å²) in [5, 5.41) is 2.38. The molecule has 0 amide bonds. The first kappa shape index (κ1) is 24.2. The van der Waals surface area contributed by atoms with Gasteiger partial charge in [-0.1, -0.05) is 32.4 Å². The van der Waals surface area contributed by atoms with Crippen molar-refractivity contribution < 1.29 is 9.47 Å². The Kier molecular flexibility index (Phi) is 5.75. The van der Waals surface area contributed by atoms with Crippen molar-refractivity contribution in [1.82, 2.24) is 9.55 Å². The average Bonchev–Trinajstić information content (AvgIpc) is 3.44. The van der Waals surface area contributed by atoms with Crippen LogP contribution >= 0.6 is 0 Å². The van der Waals surface area contributed by atoms with Crippen molar-refractivity contribution in [2.24, 2.45) is 4.99 Å². The molecule has 0 fully saturated rings. The number of fused-ring (bicyclic) bond motifs is 3. The maximum absolute atomic E-state index is 6.44. The van der Waals surface area contributed by atoms with Crippen LogP contribution in [0.4, 0.5) is 0 Å². The first-order chi connectivity index (χ1) is 18.2. The molecule has 0 aliphatic carbocycles. The predicted molar refractivity (Wildman–Crippen MR) is 155 cm³/mol. The second-order valence-electron chi connectivity index (χ2n) is 11.4. The van der Waals surface area contributed by atoms with E-state index in [4.69, 9.17) is 14.5 Å². The lowest BCUT2D eigenvalue weighted by Gasteiger charge is -2.20. The van der Waals surface area contributed by atoms with Crippen LogP contribution in [0.1, 0.15) is 49.9 Å². The van der Waals surface area contributed by atoms with E-state index in [1.165, 1.54) is 21.9 Å². The van der Waals surface area contributed by atoms with Gasteiger partial charge in [-0.2, -0.15) is 0 Å². The minimum absolute atomic E-state index is 0.0231. The van der Waals surface area contributed by atoms with Gasteiger partial charge in [0.05, 0.1) is 17.1 Å². The summed E-state index contributed by atoms with van der Waals surface area (Å²) in [5.74, 6) is 3.12. The first-order valence-electron chi connectivity index (χ1n) is 13.2. The number of hydrogen-bond acceptors (Lipinski definition) is 4. The van der Waals surface area contributed by atoms with Crippen LogP contribution in [0.5, 0.6) is 11.5 Å². The van der Waals surface area contributed by atoms with Crippen LogP contribution < -0.4 is 4.74 Å². The lowest BCUT2D eigenvalue weighted by atomic mass is 9.88. The van der Waals surface area contributed by atoms with Gasteiger partial charge in [-0.05, 0) is 91.9 Å². The van der Waals surface area contributed by atoms with Crippen molar-refractivity contribution >= 4 is 27.7 Å². The van der Waals surface area contributed by atoms with Crippen molar-refractivity contribution in [1.29, 1.82) is 0 Å². The van der Waals surface area contributed by atoms with E-state index in [1.807, 2.05) is 24.4 Å². The summed E-state index contributed by atoms with van der Waals surface area (Å²) in [6, 6.07) is 23.5. The summed E-state index contributed by atoms with van der Waals surface area (Å²) in [5.41, 5.74) is 6.73. The third kappa shape index (κ3) is 4.43. The largest absolute Gasteiger partial charge is 0.475 e. The molecule has 38 heavy (non-hydrogen) atoms. The van der Waals surface area contributed by atoms with Crippen LogP contribution in [-0.2, 0) is 10.2 Å². The highest BCUT2D eigenvalue weighted by Gasteiger charge is 2.20. The van der Waals surface area contributed by atoms with Crippen LogP contribution in [0.25, 0.3) is 27.6 Å². The molecule has 0 spiro atoms. The number of benzene rings is 3. The molecule has 3 heterocycles. The maximum Gasteiger partial charge on any atom is 0.216 e. The Hall–Kier alpha value is -4.12. The van der Waals surface area contributed by atoms with Crippen LogP contribution in [0.2, 0.25) is 0 Å². The number of aromatic nitrogens is 2. The Morgan fingerprint density at radius 3 is 2.45 bits per heavy atom. The molecule has 0 unspecified atom stereocenters. The van der Waals surface area contributed by atoms with Gasteiger partial charge in [0.2, 0.25) is 5.90 Å². The number of aliphatic imine (C=N–C) groups is 1. The molecule has 0 N–H and O–H groups in total. The average molecular weight is 504 g/mol. The van der Waals surface area contributed by atoms with Gasteiger partial charge >= 0.3 is 0 Å². The molecule has 2 aromatic heterocycles. The Labute approximate surface area is 223 Å². The summed E-state index contributed by atoms with van der Waals surface area (Å²) in [6.07, 6.45) is 1.91. The van der Waals surface area contributed by atoms with E-state index < -0.39 is 0 Å². The van der Waals surface area contributed by atoms with E-state index in [0.29, 0.717) is 12.5 Å². The third-order valence-corrected chi connectivity index (χ3v) is 7.07. The fourth-order valence-corrected chi connectivity index (χ4v) is 5.13. The zero-order chi connectivity index (χ0) is 26.6. The molecule has 1 atom stereocenters. The second kappa shape index (κ2) is 9.02. The predicted octanol–water partition coefficient (Wildman–Crippen LogP) is 8.05. The second-order valence-corrected chi connectivity index (χ2v) is 11.4. The number of ether oxygens (including phenoxy) is 2. The molecule has 5 heteroatoms. The van der Waals surface area contributed by atoms with E-state index in [-0.39, 0.29) is 11.5 Å². The monoisotopic (exact) mass is 503 g/mol. The Bertz CT molecular complexity index is 1720. The molecule has 5 nitrogen and oxygen atoms in total. The lowest BCUT2D eigenvalue weighted by Crippen LogP contribution is -2.12. The van der Waals surface area contributed by atoms with Crippen molar-refractivity contribution in [3.63, 3.8) is 0 Å². The van der Waals surface area contributed by atoms with E-state index in [1.54, 1.807) is 0 Å². The molecule has 0 radical (unpaired) electrons. The van der Waals surface area contributed by atoms with Crippen molar-refractivity contribution in [3.8, 4) is 17.3 Å². The fourth-order valence-electron chi connectivity index (χ4n) is 5.13. The molecule has 1 aliphatic heterocycles. The molecule has 0 bridgehead atoms. The van der Waals surface area contributed by atoms with Crippen LogP contribution in [0.15, 0.2) is 77.9 Å². The van der Waals surface area contributed by atoms with Crippen LogP contribution in [-0.4, -0.2) is 28.1 Å². The summed E-state index contributed by atoms with van der Waals surface area (Å²) in [7, 11) is 0. The summed E-state index contributed by atoms with van der Waals surface area (Å²) < 4.78 is 14.5. The summed E-state index contributed by atoms with van der Waals surface area (Å²) in [6.45, 7) is 13.6. The van der Waals surface area contributed by atoms with E-state index in [9.17, 15) is 0 Å². The standard InChI is InChI=1S/C33H33N3O2/c1-20-7-10-29-28(15-20)27-9-8-25(18-30(27)36(29)31-17-24(11-12-34-31)33(4,5)6)38-26-14-21(2)13-23(16-26)32-35-22(3)19-37-32/h7-18,22H,19H2,1-6H3/t22-/m1/s1. The Morgan fingerprint density at radius 1 is 0.842 bits per heavy atom. The highest BCUT2D eigenvalue weighted by atomic mass is 16.5. The quantitative estimate of drug-likeness (QED) is 0.249. The maximum atomic E-state index is 6.44. The van der Waals surface area contributed by atoms with E-state index in [0.717, 1.165) is 39.5 Å². The summed E-state index contributed by atoms with van der Waals surface area (Å²) >= 11 is 0. The number of hydrogen-bond donors (Lipinski definition) is 0. The molecule has 0 saturated heterocycles. The molecular formula is C33H33N3O2. The Morgan fingerprint density at radius 2 is 1.68 bits per heavy atom. The van der Waals surface area contributed by atoms with Gasteiger partial charge in [-0.15, -0.1) is 0 Å². The van der Waals surface area contributed by atoms with Gasteiger partial charge < -0.3 is 9.47 Å². The van der Waals surface area contributed by atoms with E-state index in [2.05, 4.69) is 99.6 Å². The number of nitrogens with zero attached hydrogens (tertiary/aromatic N) is 3. The number of aryl methyl sites for hydroxylation is 2. The lowest BCUT2D eigenvalue weighted by molar-refractivity contribution is 0.324. The number of pyridine rings is 1. The first-order valence-corrected chi connectivity index (χ1v) is 13.2. The topological polar surface area (TPSA) is 48.6 Å². The molecule has 6 rings (SSSR count). The van der Waals surface area contributed by atoms with Crippen molar-refractivity contribution in [2.45, 2.75) is 53.0 Å². The zero-order valence-electron chi connectivity index (χ0n) is 22.9. The minimum atomic E-state index is 0.0231. The van der Waals surface area contributed by atoms with Crippen molar-refractivity contribution in [3.05, 3.63) is 95.2 Å².